The number of ether oxygens (including phenoxy) is 2. The first-order valence-corrected chi connectivity index (χ1v) is 13.6. The molecule has 36 heavy (non-hydrogen) atoms. The van der Waals surface area contributed by atoms with Crippen LogP contribution in [0.4, 0.5) is 5.69 Å². The lowest BCUT2D eigenvalue weighted by molar-refractivity contribution is -0.139. The second-order valence-electron chi connectivity index (χ2n) is 8.40. The zero-order valence-corrected chi connectivity index (χ0v) is 23.4. The number of nitrogens with one attached hydrogen (secondary N) is 1. The van der Waals surface area contributed by atoms with Crippen molar-refractivity contribution in [1.82, 2.24) is 10.2 Å². The van der Waals surface area contributed by atoms with E-state index in [1.54, 1.807) is 45.0 Å². The molecule has 0 spiro atoms. The molecule has 0 aliphatic carbocycles. The molecule has 0 aliphatic heterocycles. The number of hydrogen-bond acceptors (Lipinski definition) is 6. The largest absolute Gasteiger partial charge is 0.497 e. The Morgan fingerprint density at radius 2 is 1.69 bits per heavy atom. The summed E-state index contributed by atoms with van der Waals surface area (Å²) >= 11 is 12.3. The summed E-state index contributed by atoms with van der Waals surface area (Å²) in [6.45, 7) is 4.53. The predicted molar refractivity (Wildman–Crippen MR) is 141 cm³/mol. The maximum Gasteiger partial charge on any atom is 0.244 e. The fourth-order valence-electron chi connectivity index (χ4n) is 3.41. The highest BCUT2D eigenvalue weighted by Crippen LogP contribution is 2.34. The SMILES string of the molecule is COc1ccc(OC)c(N(CC(=O)N(Cc2ccc(Cl)cc2Cl)[C@@H](C)C(=O)NC(C)C)S(C)(=O)=O)c1. The molecule has 0 radical (unpaired) electrons. The molecule has 0 aromatic heterocycles. The molecular weight excluding hydrogens is 529 g/mol. The van der Waals surface area contributed by atoms with E-state index >= 15 is 0 Å². The van der Waals surface area contributed by atoms with Gasteiger partial charge in [0.1, 0.15) is 24.1 Å². The highest BCUT2D eigenvalue weighted by Gasteiger charge is 2.32. The molecule has 0 bridgehead atoms. The van der Waals surface area contributed by atoms with E-state index in [1.807, 2.05) is 0 Å². The standard InChI is InChI=1S/C24H31Cl2N3O6S/c1-15(2)27-24(31)16(3)28(13-17-7-8-18(25)11-20(17)26)23(30)14-29(36(6,32)33)21-12-19(34-4)9-10-22(21)35-5/h7-12,15-16H,13-14H2,1-6H3,(H,27,31)/t16-/m0/s1. The molecule has 198 valence electrons. The van der Waals surface area contributed by atoms with E-state index in [9.17, 15) is 18.0 Å². The summed E-state index contributed by atoms with van der Waals surface area (Å²) in [7, 11) is -1.12. The quantitative estimate of drug-likeness (QED) is 0.449. The van der Waals surface area contributed by atoms with Gasteiger partial charge in [-0.2, -0.15) is 0 Å². The molecule has 0 saturated carbocycles. The minimum absolute atomic E-state index is 0.0473. The van der Waals surface area contributed by atoms with E-state index in [-0.39, 0.29) is 24.0 Å². The Bertz CT molecular complexity index is 1210. The number of methoxy groups -OCH3 is 2. The molecule has 0 heterocycles. The van der Waals surface area contributed by atoms with Crippen LogP contribution in [0, 0.1) is 0 Å². The van der Waals surface area contributed by atoms with Crippen LogP contribution in [0.3, 0.4) is 0 Å². The molecule has 0 aliphatic rings. The highest BCUT2D eigenvalue weighted by atomic mass is 35.5. The lowest BCUT2D eigenvalue weighted by Crippen LogP contribution is -2.52. The van der Waals surface area contributed by atoms with Gasteiger partial charge in [0.15, 0.2) is 0 Å². The zero-order valence-electron chi connectivity index (χ0n) is 21.0. The lowest BCUT2D eigenvalue weighted by atomic mass is 10.1. The van der Waals surface area contributed by atoms with Crippen LogP contribution in [0.15, 0.2) is 36.4 Å². The number of benzene rings is 2. The summed E-state index contributed by atoms with van der Waals surface area (Å²) in [6.07, 6.45) is 0.981. The summed E-state index contributed by atoms with van der Waals surface area (Å²) in [6, 6.07) is 8.32. The number of amides is 2. The van der Waals surface area contributed by atoms with E-state index in [2.05, 4.69) is 5.32 Å². The Morgan fingerprint density at radius 3 is 2.22 bits per heavy atom. The number of hydrogen-bond donors (Lipinski definition) is 1. The van der Waals surface area contributed by atoms with Crippen LogP contribution >= 0.6 is 23.2 Å². The molecule has 2 rings (SSSR count). The number of carbonyl (C=O) groups excluding carboxylic acids is 2. The molecule has 1 atom stereocenters. The van der Waals surface area contributed by atoms with Crippen molar-refractivity contribution in [1.29, 1.82) is 0 Å². The van der Waals surface area contributed by atoms with Crippen molar-refractivity contribution in [3.05, 3.63) is 52.0 Å². The van der Waals surface area contributed by atoms with E-state index in [1.165, 1.54) is 31.3 Å². The number of nitrogens with zero attached hydrogens (tertiary/aromatic N) is 2. The van der Waals surface area contributed by atoms with Crippen molar-refractivity contribution in [3.63, 3.8) is 0 Å². The predicted octanol–water partition coefficient (Wildman–Crippen LogP) is 3.72. The van der Waals surface area contributed by atoms with E-state index < -0.39 is 34.4 Å². The number of anilines is 1. The summed E-state index contributed by atoms with van der Waals surface area (Å²) < 4.78 is 37.1. The molecule has 1 N–H and O–H groups in total. The third-order valence-corrected chi connectivity index (χ3v) is 7.00. The van der Waals surface area contributed by atoms with Crippen LogP contribution in [0.1, 0.15) is 26.3 Å². The van der Waals surface area contributed by atoms with Crippen molar-refractivity contribution < 1.29 is 27.5 Å². The number of rotatable bonds is 11. The average molecular weight is 561 g/mol. The van der Waals surface area contributed by atoms with Crippen molar-refractivity contribution in [2.24, 2.45) is 0 Å². The molecule has 9 nitrogen and oxygen atoms in total. The van der Waals surface area contributed by atoms with Crippen molar-refractivity contribution in [2.45, 2.75) is 39.4 Å². The molecule has 2 aromatic carbocycles. The van der Waals surface area contributed by atoms with E-state index in [4.69, 9.17) is 32.7 Å². The topological polar surface area (TPSA) is 105 Å². The lowest BCUT2D eigenvalue weighted by Gasteiger charge is -2.32. The third-order valence-electron chi connectivity index (χ3n) is 5.29. The Hall–Kier alpha value is -2.69. The number of sulfonamides is 1. The molecule has 0 saturated heterocycles. The summed E-state index contributed by atoms with van der Waals surface area (Å²) in [5.41, 5.74) is 0.667. The molecule has 0 unspecified atom stereocenters. The van der Waals surface area contributed by atoms with Crippen LogP contribution in [0.25, 0.3) is 0 Å². The van der Waals surface area contributed by atoms with Gasteiger partial charge in [0.25, 0.3) is 0 Å². The smallest absolute Gasteiger partial charge is 0.244 e. The molecule has 12 heteroatoms. The Morgan fingerprint density at radius 1 is 1.03 bits per heavy atom. The summed E-state index contributed by atoms with van der Waals surface area (Å²) in [4.78, 5) is 27.8. The van der Waals surface area contributed by atoms with Crippen molar-refractivity contribution >= 4 is 50.7 Å². The van der Waals surface area contributed by atoms with Gasteiger partial charge in [-0.15, -0.1) is 0 Å². The Kier molecular flexibility index (Phi) is 10.3. The Labute approximate surface area is 222 Å². The van der Waals surface area contributed by atoms with Gasteiger partial charge in [0.05, 0.1) is 26.2 Å². The number of carbonyl (C=O) groups is 2. The highest BCUT2D eigenvalue weighted by molar-refractivity contribution is 7.92. The normalized spacial score (nSPS) is 12.1. The fraction of sp³-hybridized carbons (Fsp3) is 0.417. The summed E-state index contributed by atoms with van der Waals surface area (Å²) in [5, 5.41) is 3.51. The van der Waals surface area contributed by atoms with Gasteiger partial charge in [-0.05, 0) is 50.6 Å². The minimum atomic E-state index is -3.95. The second kappa shape index (κ2) is 12.5. The van der Waals surface area contributed by atoms with Crippen LogP contribution in [0.5, 0.6) is 11.5 Å². The van der Waals surface area contributed by atoms with E-state index in [0.717, 1.165) is 10.6 Å². The molecular formula is C24H31Cl2N3O6S. The van der Waals surface area contributed by atoms with E-state index in [0.29, 0.717) is 21.4 Å². The van der Waals surface area contributed by atoms with Crippen LogP contribution < -0.4 is 19.1 Å². The first-order valence-electron chi connectivity index (χ1n) is 11.0. The van der Waals surface area contributed by atoms with Crippen molar-refractivity contribution in [3.8, 4) is 11.5 Å². The van der Waals surface area contributed by atoms with Gasteiger partial charge >= 0.3 is 0 Å². The van der Waals surface area contributed by atoms with Crippen molar-refractivity contribution in [2.75, 3.05) is 31.3 Å². The van der Waals surface area contributed by atoms with Gasteiger partial charge < -0.3 is 19.7 Å². The second-order valence-corrected chi connectivity index (χ2v) is 11.2. The molecule has 0 fully saturated rings. The molecule has 2 amide bonds. The minimum Gasteiger partial charge on any atom is -0.497 e. The number of halogens is 2. The maximum absolute atomic E-state index is 13.6. The maximum atomic E-state index is 13.6. The summed E-state index contributed by atoms with van der Waals surface area (Å²) in [5.74, 6) is -0.413. The third kappa shape index (κ3) is 7.65. The van der Waals surface area contributed by atoms with Crippen LogP contribution in [0.2, 0.25) is 10.0 Å². The first-order chi connectivity index (χ1) is 16.8. The molecule has 2 aromatic rings. The zero-order chi connectivity index (χ0) is 27.2. The first kappa shape index (κ1) is 29.5. The van der Waals surface area contributed by atoms with Gasteiger partial charge in [-0.3, -0.25) is 13.9 Å². The fourth-order valence-corrected chi connectivity index (χ4v) is 4.72. The van der Waals surface area contributed by atoms with Gasteiger partial charge in [0, 0.05) is 28.7 Å². The van der Waals surface area contributed by atoms with Gasteiger partial charge in [-0.25, -0.2) is 8.42 Å². The van der Waals surface area contributed by atoms with Gasteiger partial charge in [0.2, 0.25) is 21.8 Å². The van der Waals surface area contributed by atoms with Crippen LogP contribution in [-0.2, 0) is 26.2 Å². The monoisotopic (exact) mass is 559 g/mol. The Balaban J connectivity index is 2.52. The van der Waals surface area contributed by atoms with Gasteiger partial charge in [-0.1, -0.05) is 29.3 Å². The average Bonchev–Trinajstić information content (AvgIpc) is 2.79. The van der Waals surface area contributed by atoms with Crippen LogP contribution in [-0.4, -0.2) is 64.2 Å².